The van der Waals surface area contributed by atoms with E-state index in [4.69, 9.17) is 4.74 Å². The van der Waals surface area contributed by atoms with Crippen LogP contribution in [0, 0.1) is 0 Å². The first-order chi connectivity index (χ1) is 12.3. The Kier molecular flexibility index (Phi) is 4.39. The van der Waals surface area contributed by atoms with Crippen molar-refractivity contribution in [3.05, 3.63) is 108 Å². The molecule has 0 unspecified atom stereocenters. The summed E-state index contributed by atoms with van der Waals surface area (Å²) in [6.07, 6.45) is 3.53. The van der Waals surface area contributed by atoms with Crippen molar-refractivity contribution in [3.8, 4) is 5.75 Å². The number of benzene rings is 3. The fourth-order valence-electron chi connectivity index (χ4n) is 3.81. The van der Waals surface area contributed by atoms with E-state index in [1.165, 1.54) is 22.3 Å². The van der Waals surface area contributed by atoms with Crippen LogP contribution in [0.4, 0.5) is 0 Å². The summed E-state index contributed by atoms with van der Waals surface area (Å²) in [6, 6.07) is 30.1. The number of hydrogen-bond acceptors (Lipinski definition) is 1. The molecular formula is C24H22O. The van der Waals surface area contributed by atoms with Gasteiger partial charge in [0.1, 0.15) is 5.75 Å². The van der Waals surface area contributed by atoms with Crippen molar-refractivity contribution in [1.82, 2.24) is 0 Å². The van der Waals surface area contributed by atoms with E-state index in [1.54, 1.807) is 7.11 Å². The molecule has 1 aliphatic rings. The molecule has 0 saturated heterocycles. The Hall–Kier alpha value is -2.80. The Labute approximate surface area is 149 Å². The van der Waals surface area contributed by atoms with Gasteiger partial charge >= 0.3 is 0 Å². The summed E-state index contributed by atoms with van der Waals surface area (Å²) in [5.74, 6) is 1.78. The summed E-state index contributed by atoms with van der Waals surface area (Å²) in [5.41, 5.74) is 5.53. The minimum absolute atomic E-state index is 0.392. The quantitative estimate of drug-likeness (QED) is 0.567. The molecule has 0 fully saturated rings. The van der Waals surface area contributed by atoms with E-state index in [0.717, 1.165) is 12.2 Å². The number of methoxy groups -OCH3 is 1. The summed E-state index contributed by atoms with van der Waals surface area (Å²) in [6.45, 7) is 0. The summed E-state index contributed by atoms with van der Waals surface area (Å²) < 4.78 is 5.32. The molecule has 2 atom stereocenters. The molecule has 0 radical (unpaired) electrons. The van der Waals surface area contributed by atoms with Crippen molar-refractivity contribution in [1.29, 1.82) is 0 Å². The Morgan fingerprint density at radius 1 is 0.720 bits per heavy atom. The zero-order chi connectivity index (χ0) is 17.1. The van der Waals surface area contributed by atoms with Gasteiger partial charge in [-0.15, -0.1) is 0 Å². The third kappa shape index (κ3) is 3.23. The van der Waals surface area contributed by atoms with Crippen molar-refractivity contribution >= 4 is 5.57 Å². The van der Waals surface area contributed by atoms with Crippen molar-refractivity contribution in [2.24, 2.45) is 0 Å². The van der Waals surface area contributed by atoms with Crippen molar-refractivity contribution in [2.45, 2.75) is 18.3 Å². The summed E-state index contributed by atoms with van der Waals surface area (Å²) in [4.78, 5) is 0. The molecule has 0 spiro atoms. The van der Waals surface area contributed by atoms with Gasteiger partial charge in [0.2, 0.25) is 0 Å². The summed E-state index contributed by atoms with van der Waals surface area (Å²) in [7, 11) is 1.71. The van der Waals surface area contributed by atoms with Crippen LogP contribution in [0.15, 0.2) is 91.0 Å². The van der Waals surface area contributed by atoms with E-state index in [0.29, 0.717) is 11.8 Å². The SMILES string of the molecule is COc1ccc([C@H]2C=C(c3ccccc3)C[C@H]2c2ccccc2)cc1. The zero-order valence-corrected chi connectivity index (χ0v) is 14.4. The molecule has 0 N–H and O–H groups in total. The van der Waals surface area contributed by atoms with E-state index in [-0.39, 0.29) is 0 Å². The second-order valence-corrected chi connectivity index (χ2v) is 6.58. The van der Waals surface area contributed by atoms with Crippen LogP contribution in [0.25, 0.3) is 5.57 Å². The van der Waals surface area contributed by atoms with Gasteiger partial charge in [-0.1, -0.05) is 78.9 Å². The standard InChI is InChI=1S/C24H22O/c1-25-22-14-12-20(13-15-22)24-17-21(18-8-4-2-5-9-18)16-23(24)19-10-6-3-7-11-19/h2-15,17,23-24H,16H2,1H3/t23-,24+/m0/s1. The smallest absolute Gasteiger partial charge is 0.118 e. The lowest BCUT2D eigenvalue weighted by Crippen LogP contribution is -2.05. The topological polar surface area (TPSA) is 9.23 Å². The van der Waals surface area contributed by atoms with Gasteiger partial charge in [-0.2, -0.15) is 0 Å². The molecular weight excluding hydrogens is 304 g/mol. The van der Waals surface area contributed by atoms with Gasteiger partial charge in [0.25, 0.3) is 0 Å². The predicted molar refractivity (Wildman–Crippen MR) is 104 cm³/mol. The molecule has 0 aromatic heterocycles. The lowest BCUT2D eigenvalue weighted by atomic mass is 9.83. The second-order valence-electron chi connectivity index (χ2n) is 6.58. The van der Waals surface area contributed by atoms with Crippen LogP contribution in [0.5, 0.6) is 5.75 Å². The van der Waals surface area contributed by atoms with Crippen LogP contribution >= 0.6 is 0 Å². The van der Waals surface area contributed by atoms with Gasteiger partial charge < -0.3 is 4.74 Å². The largest absolute Gasteiger partial charge is 0.497 e. The molecule has 1 aliphatic carbocycles. The lowest BCUT2D eigenvalue weighted by Gasteiger charge is -2.20. The molecule has 0 aliphatic heterocycles. The Morgan fingerprint density at radius 3 is 2.00 bits per heavy atom. The molecule has 0 heterocycles. The van der Waals surface area contributed by atoms with Crippen LogP contribution < -0.4 is 4.74 Å². The first kappa shape index (κ1) is 15.7. The number of ether oxygens (including phenoxy) is 1. The molecule has 25 heavy (non-hydrogen) atoms. The van der Waals surface area contributed by atoms with Crippen LogP contribution in [0.1, 0.15) is 34.9 Å². The number of hydrogen-bond donors (Lipinski definition) is 0. The Bertz CT molecular complexity index is 848. The van der Waals surface area contributed by atoms with E-state index < -0.39 is 0 Å². The minimum atomic E-state index is 0.392. The van der Waals surface area contributed by atoms with Crippen molar-refractivity contribution < 1.29 is 4.74 Å². The van der Waals surface area contributed by atoms with Crippen LogP contribution in [-0.2, 0) is 0 Å². The first-order valence-electron chi connectivity index (χ1n) is 8.80. The van der Waals surface area contributed by atoms with E-state index in [2.05, 4.69) is 91.0 Å². The molecule has 3 aromatic carbocycles. The van der Waals surface area contributed by atoms with Gasteiger partial charge in [0.15, 0.2) is 0 Å². The average Bonchev–Trinajstić information content (AvgIpc) is 3.15. The fraction of sp³-hybridized carbons (Fsp3) is 0.167. The molecule has 0 saturated carbocycles. The molecule has 0 amide bonds. The third-order valence-electron chi connectivity index (χ3n) is 5.13. The van der Waals surface area contributed by atoms with Crippen molar-refractivity contribution in [3.63, 3.8) is 0 Å². The normalized spacial score (nSPS) is 19.5. The molecule has 4 rings (SSSR count). The third-order valence-corrected chi connectivity index (χ3v) is 5.13. The van der Waals surface area contributed by atoms with Crippen LogP contribution in [0.2, 0.25) is 0 Å². The highest BCUT2D eigenvalue weighted by atomic mass is 16.5. The molecule has 124 valence electrons. The van der Waals surface area contributed by atoms with Crippen LogP contribution in [0.3, 0.4) is 0 Å². The van der Waals surface area contributed by atoms with Gasteiger partial charge in [-0.3, -0.25) is 0 Å². The van der Waals surface area contributed by atoms with Gasteiger partial charge in [-0.25, -0.2) is 0 Å². The predicted octanol–water partition coefficient (Wildman–Crippen LogP) is 6.05. The highest BCUT2D eigenvalue weighted by Crippen LogP contribution is 2.47. The second kappa shape index (κ2) is 6.98. The highest BCUT2D eigenvalue weighted by Gasteiger charge is 2.30. The zero-order valence-electron chi connectivity index (χ0n) is 14.4. The monoisotopic (exact) mass is 326 g/mol. The van der Waals surface area contributed by atoms with Gasteiger partial charge in [0, 0.05) is 5.92 Å². The maximum Gasteiger partial charge on any atom is 0.118 e. The average molecular weight is 326 g/mol. The summed E-state index contributed by atoms with van der Waals surface area (Å²) >= 11 is 0. The molecule has 0 bridgehead atoms. The fourth-order valence-corrected chi connectivity index (χ4v) is 3.81. The Morgan fingerprint density at radius 2 is 1.36 bits per heavy atom. The van der Waals surface area contributed by atoms with Crippen molar-refractivity contribution in [2.75, 3.05) is 7.11 Å². The molecule has 1 nitrogen and oxygen atoms in total. The van der Waals surface area contributed by atoms with E-state index in [9.17, 15) is 0 Å². The van der Waals surface area contributed by atoms with E-state index >= 15 is 0 Å². The maximum atomic E-state index is 5.32. The first-order valence-corrected chi connectivity index (χ1v) is 8.80. The molecule has 3 aromatic rings. The number of allylic oxidation sites excluding steroid dienone is 2. The maximum absolute atomic E-state index is 5.32. The molecule has 1 heteroatoms. The Balaban J connectivity index is 1.73. The van der Waals surface area contributed by atoms with Crippen LogP contribution in [-0.4, -0.2) is 7.11 Å². The minimum Gasteiger partial charge on any atom is -0.497 e. The highest BCUT2D eigenvalue weighted by molar-refractivity contribution is 5.71. The summed E-state index contributed by atoms with van der Waals surface area (Å²) in [5, 5.41) is 0. The van der Waals surface area contributed by atoms with Gasteiger partial charge in [0.05, 0.1) is 7.11 Å². The lowest BCUT2D eigenvalue weighted by molar-refractivity contribution is 0.414. The van der Waals surface area contributed by atoms with Gasteiger partial charge in [-0.05, 0) is 46.7 Å². The number of rotatable bonds is 4. The van der Waals surface area contributed by atoms with E-state index in [1.807, 2.05) is 0 Å².